The monoisotopic (exact) mass is 322 g/mol. The van der Waals surface area contributed by atoms with E-state index < -0.39 is 11.7 Å². The van der Waals surface area contributed by atoms with Gasteiger partial charge in [-0.1, -0.05) is 30.3 Å². The Bertz CT molecular complexity index is 467. The molecule has 1 rings (SSSR count). The van der Waals surface area contributed by atoms with Crippen LogP contribution in [0.3, 0.4) is 0 Å². The highest BCUT2D eigenvalue weighted by Crippen LogP contribution is 2.07. The second kappa shape index (κ2) is 8.89. The van der Waals surface area contributed by atoms with Crippen LogP contribution in [0.5, 0.6) is 0 Å². The molecule has 130 valence electrons. The van der Waals surface area contributed by atoms with Gasteiger partial charge < -0.3 is 20.1 Å². The molecule has 0 unspecified atom stereocenters. The van der Waals surface area contributed by atoms with E-state index in [9.17, 15) is 4.79 Å². The summed E-state index contributed by atoms with van der Waals surface area (Å²) in [6.07, 6.45) is -0.391. The van der Waals surface area contributed by atoms with Crippen molar-refractivity contribution in [1.82, 2.24) is 10.6 Å². The Balaban J connectivity index is 2.16. The molecule has 23 heavy (non-hydrogen) atoms. The molecule has 2 N–H and O–H groups in total. The van der Waals surface area contributed by atoms with Gasteiger partial charge in [0.15, 0.2) is 0 Å². The second-order valence-corrected chi connectivity index (χ2v) is 7.22. The molecule has 0 saturated heterocycles. The first-order chi connectivity index (χ1) is 10.7. The number of alkyl carbamates (subject to hydrolysis) is 1. The summed E-state index contributed by atoms with van der Waals surface area (Å²) in [5.41, 5.74) is 0.529. The summed E-state index contributed by atoms with van der Waals surface area (Å²) in [7, 11) is 0. The van der Waals surface area contributed by atoms with Crippen molar-refractivity contribution in [2.75, 3.05) is 19.7 Å². The molecule has 5 heteroatoms. The normalized spacial score (nSPS) is 12.0. The van der Waals surface area contributed by atoms with Crippen LogP contribution in [-0.4, -0.2) is 36.9 Å². The van der Waals surface area contributed by atoms with Gasteiger partial charge in [-0.25, -0.2) is 4.79 Å². The predicted octanol–water partition coefficient (Wildman–Crippen LogP) is 3.10. The Labute approximate surface area is 139 Å². The van der Waals surface area contributed by atoms with Gasteiger partial charge >= 0.3 is 6.09 Å². The Hall–Kier alpha value is -1.59. The molecule has 0 heterocycles. The number of amides is 1. The van der Waals surface area contributed by atoms with Gasteiger partial charge in [-0.2, -0.15) is 0 Å². The van der Waals surface area contributed by atoms with Crippen molar-refractivity contribution >= 4 is 6.09 Å². The van der Waals surface area contributed by atoms with Gasteiger partial charge in [0.25, 0.3) is 0 Å². The van der Waals surface area contributed by atoms with Crippen molar-refractivity contribution in [3.63, 3.8) is 0 Å². The van der Waals surface area contributed by atoms with Crippen LogP contribution in [-0.2, 0) is 16.1 Å². The molecule has 1 aromatic rings. The lowest BCUT2D eigenvalue weighted by Gasteiger charge is -2.26. The number of benzene rings is 1. The molecule has 0 fully saturated rings. The summed E-state index contributed by atoms with van der Waals surface area (Å²) in [5, 5.41) is 6.10. The van der Waals surface area contributed by atoms with Crippen LogP contribution < -0.4 is 10.6 Å². The van der Waals surface area contributed by atoms with E-state index in [0.717, 1.165) is 5.56 Å². The maximum absolute atomic E-state index is 11.5. The number of hydrogen-bond donors (Lipinski definition) is 2. The molecule has 1 amide bonds. The molecule has 0 radical (unpaired) electrons. The second-order valence-electron chi connectivity index (χ2n) is 7.22. The molecule has 0 atom stereocenters. The SMILES string of the molecule is CC(C)(COCc1ccccc1)NCCNC(=O)OC(C)(C)C. The first kappa shape index (κ1) is 19.5. The van der Waals surface area contributed by atoms with Gasteiger partial charge in [0.1, 0.15) is 5.60 Å². The summed E-state index contributed by atoms with van der Waals surface area (Å²) >= 11 is 0. The van der Waals surface area contributed by atoms with E-state index in [4.69, 9.17) is 9.47 Å². The molecule has 0 bridgehead atoms. The lowest BCUT2D eigenvalue weighted by atomic mass is 10.1. The third-order valence-corrected chi connectivity index (χ3v) is 2.97. The van der Waals surface area contributed by atoms with Gasteiger partial charge in [0.2, 0.25) is 0 Å². The number of nitrogens with one attached hydrogen (secondary N) is 2. The van der Waals surface area contributed by atoms with Crippen LogP contribution in [0.25, 0.3) is 0 Å². The zero-order chi connectivity index (χ0) is 17.3. The first-order valence-corrected chi connectivity index (χ1v) is 8.01. The molecule has 0 spiro atoms. The van der Waals surface area contributed by atoms with E-state index in [1.165, 1.54) is 0 Å². The summed E-state index contributed by atoms with van der Waals surface area (Å²) in [6, 6.07) is 10.1. The molecular weight excluding hydrogens is 292 g/mol. The summed E-state index contributed by atoms with van der Waals surface area (Å²) in [6.45, 7) is 12.0. The highest BCUT2D eigenvalue weighted by atomic mass is 16.6. The van der Waals surface area contributed by atoms with Crippen LogP contribution in [0.4, 0.5) is 4.79 Å². The number of rotatable bonds is 8. The third kappa shape index (κ3) is 9.92. The summed E-state index contributed by atoms with van der Waals surface area (Å²) in [5.74, 6) is 0. The fraction of sp³-hybridized carbons (Fsp3) is 0.611. The van der Waals surface area contributed by atoms with E-state index in [2.05, 4.69) is 24.5 Å². The van der Waals surface area contributed by atoms with Crippen molar-refractivity contribution in [1.29, 1.82) is 0 Å². The van der Waals surface area contributed by atoms with Gasteiger partial charge in [-0.15, -0.1) is 0 Å². The third-order valence-electron chi connectivity index (χ3n) is 2.97. The molecule has 0 aliphatic heterocycles. The fourth-order valence-corrected chi connectivity index (χ4v) is 1.93. The quantitative estimate of drug-likeness (QED) is 0.722. The maximum Gasteiger partial charge on any atom is 0.407 e. The van der Waals surface area contributed by atoms with Gasteiger partial charge in [-0.05, 0) is 40.2 Å². The summed E-state index contributed by atoms with van der Waals surface area (Å²) in [4.78, 5) is 11.5. The maximum atomic E-state index is 11.5. The smallest absolute Gasteiger partial charge is 0.407 e. The topological polar surface area (TPSA) is 59.6 Å². The number of ether oxygens (including phenoxy) is 2. The Morgan fingerprint density at radius 2 is 1.70 bits per heavy atom. The standard InChI is InChI=1S/C18H30N2O3/c1-17(2,3)23-16(21)19-11-12-20-18(4,5)14-22-13-15-9-7-6-8-10-15/h6-10,20H,11-14H2,1-5H3,(H,19,21). The van der Waals surface area contributed by atoms with Crippen LogP contribution in [0.2, 0.25) is 0 Å². The van der Waals surface area contributed by atoms with E-state index in [0.29, 0.717) is 26.3 Å². The fourth-order valence-electron chi connectivity index (χ4n) is 1.93. The highest BCUT2D eigenvalue weighted by Gasteiger charge is 2.18. The lowest BCUT2D eigenvalue weighted by molar-refractivity contribution is 0.0520. The van der Waals surface area contributed by atoms with Crippen molar-refractivity contribution in [2.45, 2.75) is 52.4 Å². The van der Waals surface area contributed by atoms with Crippen molar-refractivity contribution in [3.05, 3.63) is 35.9 Å². The average molecular weight is 322 g/mol. The lowest BCUT2D eigenvalue weighted by Crippen LogP contribution is -2.47. The zero-order valence-electron chi connectivity index (χ0n) is 14.9. The van der Waals surface area contributed by atoms with Gasteiger partial charge in [0.05, 0.1) is 13.2 Å². The molecule has 1 aromatic carbocycles. The molecule has 5 nitrogen and oxygen atoms in total. The number of hydrogen-bond acceptors (Lipinski definition) is 4. The van der Waals surface area contributed by atoms with E-state index >= 15 is 0 Å². The largest absolute Gasteiger partial charge is 0.444 e. The predicted molar refractivity (Wildman–Crippen MR) is 92.4 cm³/mol. The van der Waals surface area contributed by atoms with Crippen LogP contribution in [0.15, 0.2) is 30.3 Å². The molecule has 0 aliphatic carbocycles. The van der Waals surface area contributed by atoms with Gasteiger partial charge in [-0.3, -0.25) is 0 Å². The zero-order valence-corrected chi connectivity index (χ0v) is 14.9. The minimum absolute atomic E-state index is 0.162. The molecular formula is C18H30N2O3. The molecule has 0 saturated carbocycles. The van der Waals surface area contributed by atoms with E-state index in [-0.39, 0.29) is 5.54 Å². The Morgan fingerprint density at radius 3 is 2.30 bits per heavy atom. The Kier molecular flexibility index (Phi) is 7.52. The number of carbonyl (C=O) groups excluding carboxylic acids is 1. The van der Waals surface area contributed by atoms with Gasteiger partial charge in [0, 0.05) is 18.6 Å². The van der Waals surface area contributed by atoms with Crippen molar-refractivity contribution in [2.24, 2.45) is 0 Å². The van der Waals surface area contributed by atoms with Crippen LogP contribution >= 0.6 is 0 Å². The molecule has 0 aromatic heterocycles. The highest BCUT2D eigenvalue weighted by molar-refractivity contribution is 5.67. The van der Waals surface area contributed by atoms with E-state index in [1.807, 2.05) is 51.1 Å². The van der Waals surface area contributed by atoms with Crippen molar-refractivity contribution in [3.8, 4) is 0 Å². The van der Waals surface area contributed by atoms with E-state index in [1.54, 1.807) is 0 Å². The van der Waals surface area contributed by atoms with Crippen LogP contribution in [0, 0.1) is 0 Å². The Morgan fingerprint density at radius 1 is 1.04 bits per heavy atom. The number of carbonyl (C=O) groups is 1. The average Bonchev–Trinajstić information content (AvgIpc) is 2.43. The van der Waals surface area contributed by atoms with Crippen LogP contribution in [0.1, 0.15) is 40.2 Å². The van der Waals surface area contributed by atoms with Crippen molar-refractivity contribution < 1.29 is 14.3 Å². The minimum Gasteiger partial charge on any atom is -0.444 e. The first-order valence-electron chi connectivity index (χ1n) is 8.01. The summed E-state index contributed by atoms with van der Waals surface area (Å²) < 4.78 is 10.9. The molecule has 0 aliphatic rings. The minimum atomic E-state index is -0.470.